The van der Waals surface area contributed by atoms with Crippen LogP contribution in [-0.4, -0.2) is 35.8 Å². The highest BCUT2D eigenvalue weighted by Crippen LogP contribution is 2.47. The Kier molecular flexibility index (Phi) is 6.30. The van der Waals surface area contributed by atoms with Crippen molar-refractivity contribution in [1.29, 1.82) is 0 Å². The van der Waals surface area contributed by atoms with Crippen molar-refractivity contribution >= 4 is 17.8 Å². The van der Waals surface area contributed by atoms with Gasteiger partial charge in [-0.1, -0.05) is 38.2 Å². The van der Waals surface area contributed by atoms with Crippen LogP contribution in [0, 0.1) is 29.0 Å². The van der Waals surface area contributed by atoms with Crippen LogP contribution in [-0.2, 0) is 14.4 Å². The van der Waals surface area contributed by atoms with Crippen molar-refractivity contribution in [2.45, 2.75) is 57.8 Å². The minimum Gasteiger partial charge on any atom is -0.426 e. The lowest BCUT2D eigenvalue weighted by molar-refractivity contribution is -0.162. The number of esters is 1. The van der Waals surface area contributed by atoms with Gasteiger partial charge in [-0.25, -0.2) is 4.39 Å². The van der Waals surface area contributed by atoms with Gasteiger partial charge in [-0.3, -0.25) is 14.4 Å². The largest absolute Gasteiger partial charge is 0.426 e. The molecule has 0 bridgehead atoms. The molecule has 1 saturated heterocycles. The highest BCUT2D eigenvalue weighted by atomic mass is 19.1. The summed E-state index contributed by atoms with van der Waals surface area (Å²) in [6.07, 6.45) is 7.79. The molecule has 7 heteroatoms. The maximum atomic E-state index is 13.6. The number of nitrogens with zero attached hydrogens (tertiary/aromatic N) is 1. The number of hydrogen-bond acceptors (Lipinski definition) is 4. The normalized spacial score (nSPS) is 26.0. The van der Waals surface area contributed by atoms with Gasteiger partial charge in [0.05, 0.1) is 5.41 Å². The van der Waals surface area contributed by atoms with Crippen molar-refractivity contribution in [3.8, 4) is 5.75 Å². The number of piperidine rings is 1. The Morgan fingerprint density at radius 2 is 1.77 bits per heavy atom. The summed E-state index contributed by atoms with van der Waals surface area (Å²) in [5, 5.41) is 0. The van der Waals surface area contributed by atoms with E-state index in [1.54, 1.807) is 4.90 Å². The fourth-order valence-corrected chi connectivity index (χ4v) is 5.97. The van der Waals surface area contributed by atoms with Gasteiger partial charge in [-0.15, -0.1) is 0 Å². The molecule has 2 aliphatic carbocycles. The van der Waals surface area contributed by atoms with E-state index < -0.39 is 29.0 Å². The van der Waals surface area contributed by atoms with E-state index in [9.17, 15) is 18.8 Å². The van der Waals surface area contributed by atoms with Crippen LogP contribution in [0.3, 0.4) is 0 Å². The highest BCUT2D eigenvalue weighted by molar-refractivity contribution is 6.05. The van der Waals surface area contributed by atoms with E-state index in [0.29, 0.717) is 50.6 Å². The van der Waals surface area contributed by atoms with Crippen LogP contribution in [0.5, 0.6) is 5.75 Å². The zero-order chi connectivity index (χ0) is 22.0. The van der Waals surface area contributed by atoms with Crippen LogP contribution in [0.15, 0.2) is 24.3 Å². The summed E-state index contributed by atoms with van der Waals surface area (Å²) in [6.45, 7) is 1.22. The van der Waals surface area contributed by atoms with Gasteiger partial charge in [0.25, 0.3) is 0 Å². The van der Waals surface area contributed by atoms with Crippen molar-refractivity contribution in [2.24, 2.45) is 28.9 Å². The Morgan fingerprint density at radius 1 is 1.06 bits per heavy atom. The lowest BCUT2D eigenvalue weighted by Gasteiger charge is -2.43. The molecule has 1 heterocycles. The number of ether oxygens (including phenoxy) is 1. The van der Waals surface area contributed by atoms with E-state index in [2.05, 4.69) is 0 Å². The van der Waals surface area contributed by atoms with Crippen LogP contribution >= 0.6 is 0 Å². The molecule has 3 atom stereocenters. The molecule has 31 heavy (non-hydrogen) atoms. The standard InChI is InChI=1S/C24H31FN2O4/c25-18-8-5-9-19(14-18)31-23(30)24(11-3-4-12-24)20(21(26)28)22(29)27-13-10-16-6-1-2-7-17(16)15-27/h5,8-9,14,16-17,20H,1-4,6-7,10-13,15H2,(H2,26,28). The molecular formula is C24H31FN2O4. The minimum atomic E-state index is -1.29. The van der Waals surface area contributed by atoms with Crippen molar-refractivity contribution in [3.63, 3.8) is 0 Å². The Bertz CT molecular complexity index is 852. The molecule has 0 spiro atoms. The first-order valence-corrected chi connectivity index (χ1v) is 11.5. The predicted octanol–water partition coefficient (Wildman–Crippen LogP) is 3.43. The first-order valence-electron chi connectivity index (χ1n) is 11.5. The number of carbonyl (C=O) groups excluding carboxylic acids is 3. The van der Waals surface area contributed by atoms with E-state index in [0.717, 1.165) is 18.9 Å². The molecule has 2 amide bonds. The summed E-state index contributed by atoms with van der Waals surface area (Å²) < 4.78 is 19.0. The first-order chi connectivity index (χ1) is 14.9. The molecule has 3 unspecified atom stereocenters. The summed E-state index contributed by atoms with van der Waals surface area (Å²) >= 11 is 0. The Morgan fingerprint density at radius 3 is 2.45 bits per heavy atom. The van der Waals surface area contributed by atoms with Gasteiger partial charge in [0.1, 0.15) is 17.5 Å². The molecule has 3 aliphatic rings. The molecule has 2 N–H and O–H groups in total. The van der Waals surface area contributed by atoms with Gasteiger partial charge in [-0.2, -0.15) is 0 Å². The number of nitrogens with two attached hydrogens (primary N) is 1. The molecule has 4 rings (SSSR count). The third kappa shape index (κ3) is 4.32. The quantitative estimate of drug-likeness (QED) is 0.440. The van der Waals surface area contributed by atoms with Crippen molar-refractivity contribution in [3.05, 3.63) is 30.1 Å². The second-order valence-corrected chi connectivity index (χ2v) is 9.42. The Balaban J connectivity index is 1.57. The lowest BCUT2D eigenvalue weighted by atomic mass is 9.71. The first kappa shape index (κ1) is 21.8. The summed E-state index contributed by atoms with van der Waals surface area (Å²) in [7, 11) is 0. The third-order valence-corrected chi connectivity index (χ3v) is 7.60. The van der Waals surface area contributed by atoms with Crippen LogP contribution in [0.1, 0.15) is 57.8 Å². The van der Waals surface area contributed by atoms with Crippen LogP contribution in [0.2, 0.25) is 0 Å². The van der Waals surface area contributed by atoms with Crippen molar-refractivity contribution in [1.82, 2.24) is 4.90 Å². The summed E-state index contributed by atoms with van der Waals surface area (Å²) in [5.41, 5.74) is 4.45. The van der Waals surface area contributed by atoms with Crippen LogP contribution < -0.4 is 10.5 Å². The second-order valence-electron chi connectivity index (χ2n) is 9.42. The third-order valence-electron chi connectivity index (χ3n) is 7.60. The van der Waals surface area contributed by atoms with E-state index >= 15 is 0 Å². The molecule has 2 saturated carbocycles. The average molecular weight is 431 g/mol. The highest BCUT2D eigenvalue weighted by Gasteiger charge is 2.56. The number of halogens is 1. The van der Waals surface area contributed by atoms with Crippen molar-refractivity contribution < 1.29 is 23.5 Å². The Hall–Kier alpha value is -2.44. The Labute approximate surface area is 182 Å². The SMILES string of the molecule is NC(=O)C(C(=O)N1CCC2CCCCC2C1)C1(C(=O)Oc2cccc(F)c2)CCCC1. The minimum absolute atomic E-state index is 0.0648. The van der Waals surface area contributed by atoms with E-state index in [4.69, 9.17) is 10.5 Å². The number of rotatable bonds is 5. The molecule has 3 fully saturated rings. The molecule has 0 aromatic heterocycles. The maximum Gasteiger partial charge on any atom is 0.318 e. The topological polar surface area (TPSA) is 89.7 Å². The van der Waals surface area contributed by atoms with Gasteiger partial charge < -0.3 is 15.4 Å². The molecule has 168 valence electrons. The number of fused-ring (bicyclic) bond motifs is 1. The lowest BCUT2D eigenvalue weighted by Crippen LogP contribution is -2.56. The molecule has 0 radical (unpaired) electrons. The molecule has 6 nitrogen and oxygen atoms in total. The fourth-order valence-electron chi connectivity index (χ4n) is 5.97. The van der Waals surface area contributed by atoms with Gasteiger partial charge in [0.15, 0.2) is 0 Å². The van der Waals surface area contributed by atoms with E-state index in [1.807, 2.05) is 0 Å². The van der Waals surface area contributed by atoms with Gasteiger partial charge in [0.2, 0.25) is 11.8 Å². The fraction of sp³-hybridized carbons (Fsp3) is 0.625. The second kappa shape index (κ2) is 8.97. The van der Waals surface area contributed by atoms with Gasteiger partial charge in [-0.05, 0) is 49.7 Å². The molecule has 1 aromatic rings. The number of likely N-dealkylation sites (tertiary alicyclic amines) is 1. The van der Waals surface area contributed by atoms with E-state index in [-0.39, 0.29) is 11.7 Å². The van der Waals surface area contributed by atoms with Gasteiger partial charge >= 0.3 is 5.97 Å². The summed E-state index contributed by atoms with van der Waals surface area (Å²) in [5.74, 6) is -2.42. The average Bonchev–Trinajstić information content (AvgIpc) is 3.24. The predicted molar refractivity (Wildman–Crippen MR) is 112 cm³/mol. The zero-order valence-electron chi connectivity index (χ0n) is 17.9. The number of primary amides is 1. The smallest absolute Gasteiger partial charge is 0.318 e. The number of benzene rings is 1. The van der Waals surface area contributed by atoms with Gasteiger partial charge in [0, 0.05) is 19.2 Å². The molecular weight excluding hydrogens is 399 g/mol. The number of carbonyl (C=O) groups is 3. The molecule has 1 aliphatic heterocycles. The van der Waals surface area contributed by atoms with Crippen LogP contribution in [0.25, 0.3) is 0 Å². The summed E-state index contributed by atoms with van der Waals surface area (Å²) in [6, 6.07) is 5.31. The number of amides is 2. The number of hydrogen-bond donors (Lipinski definition) is 1. The zero-order valence-corrected chi connectivity index (χ0v) is 17.9. The summed E-state index contributed by atoms with van der Waals surface area (Å²) in [4.78, 5) is 41.2. The molecule has 1 aromatic carbocycles. The van der Waals surface area contributed by atoms with Crippen LogP contribution in [0.4, 0.5) is 4.39 Å². The monoisotopic (exact) mass is 430 g/mol. The van der Waals surface area contributed by atoms with Crippen molar-refractivity contribution in [2.75, 3.05) is 13.1 Å². The maximum absolute atomic E-state index is 13.6. The van der Waals surface area contributed by atoms with E-state index in [1.165, 1.54) is 37.5 Å².